The Morgan fingerprint density at radius 1 is 1.00 bits per heavy atom. The molecule has 0 bridgehead atoms. The lowest BCUT2D eigenvalue weighted by molar-refractivity contribution is -0.135. The molecule has 8 heteroatoms. The fourth-order valence-corrected chi connectivity index (χ4v) is 5.01. The second-order valence-corrected chi connectivity index (χ2v) is 8.97. The predicted octanol–water partition coefficient (Wildman–Crippen LogP) is 4.47. The van der Waals surface area contributed by atoms with Gasteiger partial charge < -0.3 is 23.6 Å². The maximum Gasteiger partial charge on any atom is 0.312 e. The van der Waals surface area contributed by atoms with Gasteiger partial charge in [0.1, 0.15) is 34.0 Å². The molecule has 1 unspecified atom stereocenters. The molecule has 1 aliphatic heterocycles. The Hall–Kier alpha value is -4.85. The first-order valence-corrected chi connectivity index (χ1v) is 11.6. The van der Waals surface area contributed by atoms with E-state index >= 15 is 0 Å². The topological polar surface area (TPSA) is 108 Å². The molecule has 0 aliphatic carbocycles. The molecule has 2 aromatic heterocycles. The van der Waals surface area contributed by atoms with E-state index in [1.807, 2.05) is 24.3 Å². The summed E-state index contributed by atoms with van der Waals surface area (Å²) in [6, 6.07) is 18.7. The summed E-state index contributed by atoms with van der Waals surface area (Å²) in [6.45, 7) is 0. The summed E-state index contributed by atoms with van der Waals surface area (Å²) >= 11 is 0. The largest absolute Gasteiger partial charge is 0.507 e. The number of pyridine rings is 1. The smallest absolute Gasteiger partial charge is 0.312 e. The van der Waals surface area contributed by atoms with E-state index in [9.17, 15) is 19.5 Å². The molecule has 0 radical (unpaired) electrons. The molecule has 5 aromatic rings. The van der Waals surface area contributed by atoms with Crippen LogP contribution in [0.4, 0.5) is 0 Å². The lowest BCUT2D eigenvalue weighted by Gasteiger charge is -2.26. The third-order valence-electron chi connectivity index (χ3n) is 6.82. The number of rotatable bonds is 3. The van der Waals surface area contributed by atoms with Gasteiger partial charge in [0, 0.05) is 47.9 Å². The van der Waals surface area contributed by atoms with Crippen molar-refractivity contribution < 1.29 is 23.8 Å². The number of benzene rings is 3. The SMILES string of the molecule is COc1ccc2cc(C3CC(=O)Oc4cc(O)c5c(=O)cc(-c6ccccc6)oc5c43)c(=O)n(C)c2c1. The molecule has 184 valence electrons. The van der Waals surface area contributed by atoms with Crippen LogP contribution in [-0.2, 0) is 11.8 Å². The molecule has 3 aromatic carbocycles. The van der Waals surface area contributed by atoms with Crippen LogP contribution in [-0.4, -0.2) is 22.8 Å². The average molecular weight is 495 g/mol. The number of phenols is 1. The zero-order valence-electron chi connectivity index (χ0n) is 20.0. The average Bonchev–Trinajstić information content (AvgIpc) is 2.90. The van der Waals surface area contributed by atoms with Crippen LogP contribution in [0.15, 0.2) is 80.7 Å². The van der Waals surface area contributed by atoms with Gasteiger partial charge in [-0.05, 0) is 23.6 Å². The zero-order valence-corrected chi connectivity index (χ0v) is 20.0. The Morgan fingerprint density at radius 3 is 2.54 bits per heavy atom. The molecule has 37 heavy (non-hydrogen) atoms. The van der Waals surface area contributed by atoms with Crippen molar-refractivity contribution in [1.29, 1.82) is 0 Å². The Morgan fingerprint density at radius 2 is 1.78 bits per heavy atom. The monoisotopic (exact) mass is 495 g/mol. The lowest BCUT2D eigenvalue weighted by Crippen LogP contribution is -2.29. The Balaban J connectivity index is 1.67. The molecule has 0 amide bonds. The summed E-state index contributed by atoms with van der Waals surface area (Å²) in [5.74, 6) is -0.738. The van der Waals surface area contributed by atoms with Crippen LogP contribution in [0.5, 0.6) is 17.2 Å². The van der Waals surface area contributed by atoms with Crippen LogP contribution in [0.25, 0.3) is 33.2 Å². The zero-order chi connectivity index (χ0) is 25.8. The summed E-state index contributed by atoms with van der Waals surface area (Å²) in [5.41, 5.74) is 1.36. The van der Waals surface area contributed by atoms with E-state index in [0.717, 1.165) is 5.39 Å². The molecule has 8 nitrogen and oxygen atoms in total. The standard InChI is InChI=1S/C29H21NO7/c1-30-20-11-17(35-2)9-8-16(20)10-19(29(30)34)18-12-25(33)36-24-14-22(32)27-21(31)13-23(37-28(27)26(18)24)15-6-4-3-5-7-15/h3-11,13-14,18,32H,12H2,1-2H3. The molecule has 1 atom stereocenters. The summed E-state index contributed by atoms with van der Waals surface area (Å²) in [6.07, 6.45) is -0.136. The van der Waals surface area contributed by atoms with Gasteiger partial charge in [-0.2, -0.15) is 0 Å². The number of carbonyl (C=O) groups excluding carboxylic acids is 1. The maximum absolute atomic E-state index is 13.6. The molecule has 1 N–H and O–H groups in total. The van der Waals surface area contributed by atoms with Crippen molar-refractivity contribution in [3.8, 4) is 28.6 Å². The van der Waals surface area contributed by atoms with Crippen molar-refractivity contribution in [3.63, 3.8) is 0 Å². The summed E-state index contributed by atoms with van der Waals surface area (Å²) < 4.78 is 18.5. The number of hydrogen-bond donors (Lipinski definition) is 1. The number of hydrogen-bond acceptors (Lipinski definition) is 7. The van der Waals surface area contributed by atoms with Crippen LogP contribution in [0.1, 0.15) is 23.5 Å². The minimum absolute atomic E-state index is 0.0382. The van der Waals surface area contributed by atoms with Gasteiger partial charge in [-0.15, -0.1) is 0 Å². The van der Waals surface area contributed by atoms with Crippen molar-refractivity contribution >= 4 is 27.8 Å². The molecular weight excluding hydrogens is 474 g/mol. The van der Waals surface area contributed by atoms with Gasteiger partial charge >= 0.3 is 5.97 Å². The third-order valence-corrected chi connectivity index (χ3v) is 6.82. The van der Waals surface area contributed by atoms with Gasteiger partial charge in [0.15, 0.2) is 5.43 Å². The Labute approximate surface area is 209 Å². The fourth-order valence-electron chi connectivity index (χ4n) is 5.01. The number of aromatic nitrogens is 1. The van der Waals surface area contributed by atoms with E-state index in [4.69, 9.17) is 13.9 Å². The highest BCUT2D eigenvalue weighted by Gasteiger charge is 2.35. The van der Waals surface area contributed by atoms with Crippen LogP contribution < -0.4 is 20.5 Å². The minimum atomic E-state index is -0.765. The van der Waals surface area contributed by atoms with Crippen molar-refractivity contribution in [2.24, 2.45) is 7.05 Å². The van der Waals surface area contributed by atoms with Crippen molar-refractivity contribution in [3.05, 3.63) is 98.4 Å². The molecule has 6 rings (SSSR count). The number of nitrogens with zero attached hydrogens (tertiary/aromatic N) is 1. The highest BCUT2D eigenvalue weighted by molar-refractivity contribution is 5.93. The first-order valence-electron chi connectivity index (χ1n) is 11.6. The first-order chi connectivity index (χ1) is 17.9. The van der Waals surface area contributed by atoms with Gasteiger partial charge in [0.2, 0.25) is 0 Å². The van der Waals surface area contributed by atoms with E-state index < -0.39 is 17.3 Å². The minimum Gasteiger partial charge on any atom is -0.507 e. The summed E-state index contributed by atoms with van der Waals surface area (Å²) in [5, 5.41) is 11.4. The normalized spacial score (nSPS) is 15.0. The van der Waals surface area contributed by atoms with Gasteiger partial charge in [0.25, 0.3) is 5.56 Å². The Bertz CT molecular complexity index is 1850. The quantitative estimate of drug-likeness (QED) is 0.291. The maximum atomic E-state index is 13.6. The Kier molecular flexibility index (Phi) is 5.12. The summed E-state index contributed by atoms with van der Waals surface area (Å²) in [7, 11) is 3.20. The number of methoxy groups -OCH3 is 1. The second kappa shape index (κ2) is 8.37. The van der Waals surface area contributed by atoms with E-state index in [-0.39, 0.29) is 34.4 Å². The number of aryl methyl sites for hydroxylation is 1. The third kappa shape index (κ3) is 3.57. The molecule has 3 heterocycles. The lowest BCUT2D eigenvalue weighted by atomic mass is 9.85. The molecular formula is C29H21NO7. The van der Waals surface area contributed by atoms with E-state index in [2.05, 4.69) is 0 Å². The van der Waals surface area contributed by atoms with Gasteiger partial charge in [-0.3, -0.25) is 14.4 Å². The number of aromatic hydroxyl groups is 1. The van der Waals surface area contributed by atoms with Crippen LogP contribution >= 0.6 is 0 Å². The van der Waals surface area contributed by atoms with E-state index in [1.165, 1.54) is 16.7 Å². The van der Waals surface area contributed by atoms with Crippen LogP contribution in [0, 0.1) is 0 Å². The van der Waals surface area contributed by atoms with Crippen LogP contribution in [0.3, 0.4) is 0 Å². The first kappa shape index (κ1) is 22.6. The van der Waals surface area contributed by atoms with Crippen molar-refractivity contribution in [2.75, 3.05) is 7.11 Å². The van der Waals surface area contributed by atoms with Crippen molar-refractivity contribution in [2.45, 2.75) is 12.3 Å². The van der Waals surface area contributed by atoms with Crippen LogP contribution in [0.2, 0.25) is 0 Å². The number of ether oxygens (including phenoxy) is 2. The highest BCUT2D eigenvalue weighted by atomic mass is 16.5. The number of carbonyl (C=O) groups is 1. The van der Waals surface area contributed by atoms with Gasteiger partial charge in [-0.25, -0.2) is 0 Å². The summed E-state index contributed by atoms with van der Waals surface area (Å²) in [4.78, 5) is 39.4. The van der Waals surface area contributed by atoms with Gasteiger partial charge in [-0.1, -0.05) is 30.3 Å². The molecule has 0 fully saturated rings. The van der Waals surface area contributed by atoms with Gasteiger partial charge in [0.05, 0.1) is 19.0 Å². The van der Waals surface area contributed by atoms with E-state index in [1.54, 1.807) is 44.5 Å². The fraction of sp³-hybridized carbons (Fsp3) is 0.138. The number of esters is 1. The van der Waals surface area contributed by atoms with Crippen molar-refractivity contribution in [1.82, 2.24) is 4.57 Å². The predicted molar refractivity (Wildman–Crippen MR) is 137 cm³/mol. The molecule has 0 spiro atoms. The molecule has 0 saturated carbocycles. The van der Waals surface area contributed by atoms with E-state index in [0.29, 0.717) is 33.7 Å². The number of phenolic OH excluding ortho intramolecular Hbond substituents is 1. The number of fused-ring (bicyclic) bond motifs is 4. The molecule has 0 saturated heterocycles. The highest BCUT2D eigenvalue weighted by Crippen LogP contribution is 2.45. The second-order valence-electron chi connectivity index (χ2n) is 8.97. The molecule has 1 aliphatic rings.